The number of hydrogen-bond acceptors (Lipinski definition) is 3. The molecule has 4 heteroatoms. The minimum absolute atomic E-state index is 0.0523. The van der Waals surface area contributed by atoms with Gasteiger partial charge >= 0.3 is 0 Å². The molecule has 0 aliphatic carbocycles. The quantitative estimate of drug-likeness (QED) is 0.900. The molecular weight excluding hydrogens is 240 g/mol. The molecule has 0 spiro atoms. The minimum atomic E-state index is -0.0523. The fourth-order valence-electron chi connectivity index (χ4n) is 2.57. The number of ether oxygens (including phenoxy) is 2. The molecule has 2 N–H and O–H groups in total. The van der Waals surface area contributed by atoms with Crippen LogP contribution in [0.15, 0.2) is 18.3 Å². The van der Waals surface area contributed by atoms with Crippen molar-refractivity contribution in [2.75, 3.05) is 19.8 Å². The van der Waals surface area contributed by atoms with Crippen molar-refractivity contribution in [3.05, 3.63) is 23.9 Å². The number of aryl methyl sites for hydroxylation is 1. The van der Waals surface area contributed by atoms with Gasteiger partial charge in [0.1, 0.15) is 13.2 Å². The number of benzene rings is 1. The first-order valence-electron chi connectivity index (χ1n) is 6.62. The number of nitrogens with two attached hydrogens (primary N) is 1. The molecule has 3 rings (SSSR count). The van der Waals surface area contributed by atoms with Crippen LogP contribution in [0.5, 0.6) is 11.5 Å². The highest BCUT2D eigenvalue weighted by atomic mass is 16.6. The van der Waals surface area contributed by atoms with Crippen LogP contribution in [0.1, 0.15) is 19.4 Å². The van der Waals surface area contributed by atoms with Gasteiger partial charge in [0.2, 0.25) is 0 Å². The van der Waals surface area contributed by atoms with Crippen LogP contribution in [0, 0.1) is 0 Å². The molecule has 1 aromatic carbocycles. The lowest BCUT2D eigenvalue weighted by molar-refractivity contribution is 0.172. The highest BCUT2D eigenvalue weighted by Gasteiger charge is 2.25. The van der Waals surface area contributed by atoms with Crippen molar-refractivity contribution in [1.82, 2.24) is 4.57 Å². The highest BCUT2D eigenvalue weighted by molar-refractivity contribution is 5.88. The molecule has 1 aromatic heterocycles. The molecular formula is C15H20N2O2. The summed E-state index contributed by atoms with van der Waals surface area (Å²) < 4.78 is 13.4. The Bertz CT molecular complexity index is 629. The third-order valence-corrected chi connectivity index (χ3v) is 3.89. The number of hydrogen-bond donors (Lipinski definition) is 1. The van der Waals surface area contributed by atoms with Gasteiger partial charge < -0.3 is 19.8 Å². The molecule has 1 aliphatic heterocycles. The highest BCUT2D eigenvalue weighted by Crippen LogP contribution is 2.39. The van der Waals surface area contributed by atoms with Crippen molar-refractivity contribution in [3.8, 4) is 11.5 Å². The van der Waals surface area contributed by atoms with Gasteiger partial charge in [-0.1, -0.05) is 13.8 Å². The summed E-state index contributed by atoms with van der Waals surface area (Å²) in [6, 6.07) is 4.14. The summed E-state index contributed by atoms with van der Waals surface area (Å²) in [4.78, 5) is 0. The molecule has 0 fully saturated rings. The summed E-state index contributed by atoms with van der Waals surface area (Å²) in [6.07, 6.45) is 2.16. The number of rotatable bonds is 2. The molecule has 0 radical (unpaired) electrons. The fourth-order valence-corrected chi connectivity index (χ4v) is 2.57. The lowest BCUT2D eigenvalue weighted by Crippen LogP contribution is -2.27. The van der Waals surface area contributed by atoms with Crippen molar-refractivity contribution in [1.29, 1.82) is 0 Å². The average Bonchev–Trinajstić information content (AvgIpc) is 2.74. The van der Waals surface area contributed by atoms with Crippen molar-refractivity contribution in [2.24, 2.45) is 12.8 Å². The summed E-state index contributed by atoms with van der Waals surface area (Å²) in [5, 5.41) is 1.20. The number of nitrogens with zero attached hydrogens (tertiary/aromatic N) is 1. The Labute approximate surface area is 113 Å². The molecule has 2 heterocycles. The fraction of sp³-hybridized carbons (Fsp3) is 0.467. The van der Waals surface area contributed by atoms with E-state index in [4.69, 9.17) is 15.2 Å². The van der Waals surface area contributed by atoms with E-state index in [0.29, 0.717) is 19.8 Å². The van der Waals surface area contributed by atoms with Crippen LogP contribution in [0.3, 0.4) is 0 Å². The Morgan fingerprint density at radius 3 is 2.47 bits per heavy atom. The topological polar surface area (TPSA) is 49.4 Å². The van der Waals surface area contributed by atoms with E-state index in [1.54, 1.807) is 0 Å². The van der Waals surface area contributed by atoms with E-state index in [1.165, 1.54) is 10.9 Å². The van der Waals surface area contributed by atoms with Gasteiger partial charge in [-0.2, -0.15) is 0 Å². The molecule has 2 aromatic rings. The van der Waals surface area contributed by atoms with Gasteiger partial charge in [-0.15, -0.1) is 0 Å². The van der Waals surface area contributed by atoms with Crippen molar-refractivity contribution < 1.29 is 9.47 Å². The van der Waals surface area contributed by atoms with E-state index >= 15 is 0 Å². The van der Waals surface area contributed by atoms with Crippen molar-refractivity contribution in [2.45, 2.75) is 19.3 Å². The first-order chi connectivity index (χ1) is 9.03. The third kappa shape index (κ3) is 1.87. The van der Waals surface area contributed by atoms with E-state index in [0.717, 1.165) is 17.0 Å². The molecule has 0 saturated heterocycles. The van der Waals surface area contributed by atoms with Crippen LogP contribution in [-0.2, 0) is 12.5 Å². The standard InChI is InChI=1S/C15H20N2O2/c1-15(2,9-16)11-8-17(3)12-7-14-13(6-10(11)12)18-4-5-19-14/h6-8H,4-5,9,16H2,1-3H3. The molecule has 4 nitrogen and oxygen atoms in total. The first kappa shape index (κ1) is 12.4. The predicted molar refractivity (Wildman–Crippen MR) is 76.0 cm³/mol. The molecule has 19 heavy (non-hydrogen) atoms. The number of aromatic nitrogens is 1. The van der Waals surface area contributed by atoms with Crippen LogP contribution in [-0.4, -0.2) is 24.3 Å². The maximum absolute atomic E-state index is 5.91. The van der Waals surface area contributed by atoms with Gasteiger partial charge in [0.05, 0.1) is 5.52 Å². The smallest absolute Gasteiger partial charge is 0.163 e. The first-order valence-corrected chi connectivity index (χ1v) is 6.62. The summed E-state index contributed by atoms with van der Waals surface area (Å²) >= 11 is 0. The van der Waals surface area contributed by atoms with Gasteiger partial charge in [-0.3, -0.25) is 0 Å². The van der Waals surface area contributed by atoms with Gasteiger partial charge in [0, 0.05) is 36.7 Å². The zero-order valence-corrected chi connectivity index (χ0v) is 11.7. The Morgan fingerprint density at radius 1 is 1.21 bits per heavy atom. The number of fused-ring (bicyclic) bond motifs is 2. The maximum atomic E-state index is 5.91. The molecule has 0 bridgehead atoms. The van der Waals surface area contributed by atoms with E-state index in [1.807, 2.05) is 0 Å². The zero-order chi connectivity index (χ0) is 13.6. The second-order valence-electron chi connectivity index (χ2n) is 5.75. The predicted octanol–water partition coefficient (Wildman–Crippen LogP) is 2.19. The molecule has 0 amide bonds. The van der Waals surface area contributed by atoms with Gasteiger partial charge in [-0.05, 0) is 11.6 Å². The summed E-state index contributed by atoms with van der Waals surface area (Å²) in [5.41, 5.74) is 8.27. The average molecular weight is 260 g/mol. The maximum Gasteiger partial charge on any atom is 0.163 e. The molecule has 102 valence electrons. The monoisotopic (exact) mass is 260 g/mol. The van der Waals surface area contributed by atoms with Crippen molar-refractivity contribution >= 4 is 10.9 Å². The van der Waals surface area contributed by atoms with E-state index in [-0.39, 0.29) is 5.41 Å². The van der Waals surface area contributed by atoms with Gasteiger partial charge in [0.15, 0.2) is 11.5 Å². The summed E-state index contributed by atoms with van der Waals surface area (Å²) in [5.74, 6) is 1.66. The second kappa shape index (κ2) is 4.17. The van der Waals surface area contributed by atoms with E-state index in [9.17, 15) is 0 Å². The molecule has 0 unspecified atom stereocenters. The van der Waals surface area contributed by atoms with Gasteiger partial charge in [-0.25, -0.2) is 0 Å². The van der Waals surface area contributed by atoms with E-state index in [2.05, 4.69) is 43.8 Å². The van der Waals surface area contributed by atoms with Crippen LogP contribution in [0.4, 0.5) is 0 Å². The largest absolute Gasteiger partial charge is 0.486 e. The second-order valence-corrected chi connectivity index (χ2v) is 5.75. The molecule has 0 atom stereocenters. The van der Waals surface area contributed by atoms with Crippen LogP contribution < -0.4 is 15.2 Å². The van der Waals surface area contributed by atoms with Crippen LogP contribution in [0.2, 0.25) is 0 Å². The minimum Gasteiger partial charge on any atom is -0.486 e. The van der Waals surface area contributed by atoms with Crippen LogP contribution in [0.25, 0.3) is 10.9 Å². The normalized spacial score (nSPS) is 14.9. The molecule has 1 aliphatic rings. The van der Waals surface area contributed by atoms with Crippen molar-refractivity contribution in [3.63, 3.8) is 0 Å². The third-order valence-electron chi connectivity index (χ3n) is 3.89. The Morgan fingerprint density at radius 2 is 1.84 bits per heavy atom. The molecule has 0 saturated carbocycles. The van der Waals surface area contributed by atoms with Gasteiger partial charge in [0.25, 0.3) is 0 Å². The SMILES string of the molecule is Cn1cc(C(C)(C)CN)c2cc3c(cc21)OCCO3. The lowest BCUT2D eigenvalue weighted by Gasteiger charge is -2.23. The Kier molecular flexibility index (Phi) is 2.71. The summed E-state index contributed by atoms with van der Waals surface area (Å²) in [6.45, 7) is 6.17. The zero-order valence-electron chi connectivity index (χ0n) is 11.7. The van der Waals surface area contributed by atoms with E-state index < -0.39 is 0 Å². The van der Waals surface area contributed by atoms with Crippen LogP contribution >= 0.6 is 0 Å². The Balaban J connectivity index is 2.26. The lowest BCUT2D eigenvalue weighted by atomic mass is 9.84. The Hall–Kier alpha value is -1.68. The summed E-state index contributed by atoms with van der Waals surface area (Å²) in [7, 11) is 2.05.